The van der Waals surface area contributed by atoms with Crippen molar-refractivity contribution in [2.75, 3.05) is 6.54 Å². The molecule has 2 aromatic heterocycles. The molecular formula is C27H30N6O. The zero-order chi connectivity index (χ0) is 23.7. The summed E-state index contributed by atoms with van der Waals surface area (Å²) in [5, 5.41) is 9.58. The van der Waals surface area contributed by atoms with Gasteiger partial charge in [0.05, 0.1) is 29.2 Å². The van der Waals surface area contributed by atoms with Crippen molar-refractivity contribution in [1.29, 1.82) is 0 Å². The van der Waals surface area contributed by atoms with Crippen LogP contribution in [-0.2, 0) is 6.42 Å². The molecule has 7 nitrogen and oxygen atoms in total. The van der Waals surface area contributed by atoms with Gasteiger partial charge in [-0.1, -0.05) is 30.7 Å². The number of rotatable bonds is 5. The average molecular weight is 455 g/mol. The number of aromatic nitrogens is 5. The normalized spacial score (nSPS) is 18.4. The van der Waals surface area contributed by atoms with E-state index in [1.54, 1.807) is 12.4 Å². The standard InChI is InChI=1S/C27H30N6O/c1-18-7-9-25(33-29-12-13-30-33)22(15-18)27(34)32-14-4-5-20(3)24(32)10-11-26-28-17-21-8-6-19(2)16-23(21)31-26/h6-9,12-13,15-17,20,24H,4-5,10-11,14H2,1-3H3/t20-,24-/m1/s1. The summed E-state index contributed by atoms with van der Waals surface area (Å²) in [6, 6.07) is 12.2. The minimum atomic E-state index is 0.0441. The van der Waals surface area contributed by atoms with Gasteiger partial charge in [-0.3, -0.25) is 4.79 Å². The second-order valence-corrected chi connectivity index (χ2v) is 9.41. The largest absolute Gasteiger partial charge is 0.335 e. The maximum absolute atomic E-state index is 13.9. The summed E-state index contributed by atoms with van der Waals surface area (Å²) in [6.07, 6.45) is 8.87. The van der Waals surface area contributed by atoms with Gasteiger partial charge in [0, 0.05) is 30.6 Å². The third-order valence-electron chi connectivity index (χ3n) is 6.85. The first-order valence-electron chi connectivity index (χ1n) is 12.0. The lowest BCUT2D eigenvalue weighted by molar-refractivity contribution is 0.0498. The first kappa shape index (κ1) is 22.2. The molecule has 34 heavy (non-hydrogen) atoms. The Kier molecular flexibility index (Phi) is 6.09. The van der Waals surface area contributed by atoms with Crippen molar-refractivity contribution in [3.8, 4) is 5.69 Å². The van der Waals surface area contributed by atoms with Gasteiger partial charge in [-0.05, 0) is 62.8 Å². The Bertz CT molecular complexity index is 1320. The predicted molar refractivity (Wildman–Crippen MR) is 132 cm³/mol. The highest BCUT2D eigenvalue weighted by atomic mass is 16.2. The van der Waals surface area contributed by atoms with E-state index >= 15 is 0 Å². The molecule has 174 valence electrons. The molecule has 7 heteroatoms. The predicted octanol–water partition coefficient (Wildman–Crippen LogP) is 4.70. The zero-order valence-electron chi connectivity index (χ0n) is 20.0. The lowest BCUT2D eigenvalue weighted by atomic mass is 9.87. The molecule has 0 bridgehead atoms. The van der Waals surface area contributed by atoms with Crippen LogP contribution in [0, 0.1) is 19.8 Å². The molecule has 2 aromatic carbocycles. The average Bonchev–Trinajstić information content (AvgIpc) is 3.37. The summed E-state index contributed by atoms with van der Waals surface area (Å²) in [5.74, 6) is 1.29. The Hall–Kier alpha value is -3.61. The Morgan fingerprint density at radius 3 is 2.65 bits per heavy atom. The van der Waals surface area contributed by atoms with Crippen molar-refractivity contribution in [3.63, 3.8) is 0 Å². The van der Waals surface area contributed by atoms with Crippen molar-refractivity contribution in [2.45, 2.75) is 52.5 Å². The van der Waals surface area contributed by atoms with Gasteiger partial charge in [0.15, 0.2) is 0 Å². The highest BCUT2D eigenvalue weighted by molar-refractivity contribution is 5.98. The number of carbonyl (C=O) groups is 1. The zero-order valence-corrected chi connectivity index (χ0v) is 20.0. The van der Waals surface area contributed by atoms with Crippen LogP contribution < -0.4 is 0 Å². The topological polar surface area (TPSA) is 76.8 Å². The van der Waals surface area contributed by atoms with Crippen molar-refractivity contribution in [1.82, 2.24) is 29.9 Å². The molecule has 0 unspecified atom stereocenters. The molecule has 2 atom stereocenters. The number of nitrogens with zero attached hydrogens (tertiary/aromatic N) is 6. The van der Waals surface area contributed by atoms with E-state index in [9.17, 15) is 4.79 Å². The Morgan fingerprint density at radius 1 is 1.06 bits per heavy atom. The van der Waals surface area contributed by atoms with Crippen molar-refractivity contribution in [2.24, 2.45) is 5.92 Å². The molecule has 0 aliphatic carbocycles. The fourth-order valence-corrected chi connectivity index (χ4v) is 5.00. The van der Waals surface area contributed by atoms with E-state index in [4.69, 9.17) is 4.98 Å². The van der Waals surface area contributed by atoms with E-state index in [0.29, 0.717) is 17.2 Å². The highest BCUT2D eigenvalue weighted by Crippen LogP contribution is 2.29. The third-order valence-corrected chi connectivity index (χ3v) is 6.85. The van der Waals surface area contributed by atoms with Gasteiger partial charge < -0.3 is 4.90 Å². The van der Waals surface area contributed by atoms with Crippen LogP contribution >= 0.6 is 0 Å². The highest BCUT2D eigenvalue weighted by Gasteiger charge is 2.33. The van der Waals surface area contributed by atoms with Crippen LogP contribution in [0.4, 0.5) is 0 Å². The molecule has 0 N–H and O–H groups in total. The molecule has 0 radical (unpaired) electrons. The number of amides is 1. The summed E-state index contributed by atoms with van der Waals surface area (Å²) < 4.78 is 0. The van der Waals surface area contributed by atoms with E-state index in [1.165, 1.54) is 10.4 Å². The maximum atomic E-state index is 13.9. The van der Waals surface area contributed by atoms with Gasteiger partial charge in [0.2, 0.25) is 0 Å². The third kappa shape index (κ3) is 4.42. The second kappa shape index (κ2) is 9.33. The van der Waals surface area contributed by atoms with Crippen LogP contribution in [0.25, 0.3) is 16.6 Å². The smallest absolute Gasteiger partial charge is 0.256 e. The van der Waals surface area contributed by atoms with Gasteiger partial charge in [-0.2, -0.15) is 15.0 Å². The summed E-state index contributed by atoms with van der Waals surface area (Å²) in [4.78, 5) is 26.9. The van der Waals surface area contributed by atoms with Crippen molar-refractivity contribution >= 4 is 16.8 Å². The van der Waals surface area contributed by atoms with Crippen LogP contribution in [0.5, 0.6) is 0 Å². The minimum Gasteiger partial charge on any atom is -0.335 e. The van der Waals surface area contributed by atoms with E-state index in [2.05, 4.69) is 52.1 Å². The molecule has 3 heterocycles. The number of fused-ring (bicyclic) bond motifs is 1. The van der Waals surface area contributed by atoms with Gasteiger partial charge in [0.25, 0.3) is 5.91 Å². The van der Waals surface area contributed by atoms with Gasteiger partial charge in [-0.15, -0.1) is 0 Å². The molecule has 0 spiro atoms. The molecule has 1 aliphatic heterocycles. The van der Waals surface area contributed by atoms with Gasteiger partial charge in [-0.25, -0.2) is 9.97 Å². The monoisotopic (exact) mass is 454 g/mol. The summed E-state index contributed by atoms with van der Waals surface area (Å²) in [6.45, 7) is 7.09. The molecule has 1 aliphatic rings. The molecule has 4 aromatic rings. The van der Waals surface area contributed by atoms with Gasteiger partial charge >= 0.3 is 0 Å². The number of benzene rings is 2. The second-order valence-electron chi connectivity index (χ2n) is 9.41. The fraction of sp³-hybridized carbons (Fsp3) is 0.370. The molecule has 1 saturated heterocycles. The minimum absolute atomic E-state index is 0.0441. The van der Waals surface area contributed by atoms with Crippen LogP contribution in [0.2, 0.25) is 0 Å². The number of carbonyl (C=O) groups excluding carboxylic acids is 1. The number of aryl methyl sites for hydroxylation is 3. The quantitative estimate of drug-likeness (QED) is 0.437. The van der Waals surface area contributed by atoms with E-state index in [0.717, 1.165) is 54.5 Å². The number of piperidine rings is 1. The van der Waals surface area contributed by atoms with Crippen molar-refractivity contribution < 1.29 is 4.79 Å². The summed E-state index contributed by atoms with van der Waals surface area (Å²) in [5.41, 5.74) is 4.57. The SMILES string of the molecule is Cc1ccc(-n2nccn2)c(C(=O)N2CCC[C@@H](C)[C@H]2CCc2ncc3ccc(C)cc3n2)c1. The van der Waals surface area contributed by atoms with Crippen LogP contribution in [-0.4, -0.2) is 48.4 Å². The Labute approximate surface area is 199 Å². The van der Waals surface area contributed by atoms with E-state index in [1.807, 2.05) is 31.3 Å². The molecule has 0 saturated carbocycles. The Morgan fingerprint density at radius 2 is 1.82 bits per heavy atom. The summed E-state index contributed by atoms with van der Waals surface area (Å²) in [7, 11) is 0. The number of hydrogen-bond acceptors (Lipinski definition) is 5. The number of hydrogen-bond donors (Lipinski definition) is 0. The lowest BCUT2D eigenvalue weighted by Crippen LogP contribution is -2.48. The van der Waals surface area contributed by atoms with Crippen LogP contribution in [0.15, 0.2) is 55.0 Å². The fourth-order valence-electron chi connectivity index (χ4n) is 5.00. The van der Waals surface area contributed by atoms with E-state index in [-0.39, 0.29) is 11.9 Å². The number of likely N-dealkylation sites (tertiary alicyclic amines) is 1. The molecule has 1 fully saturated rings. The lowest BCUT2D eigenvalue weighted by Gasteiger charge is -2.40. The van der Waals surface area contributed by atoms with E-state index < -0.39 is 0 Å². The van der Waals surface area contributed by atoms with Crippen LogP contribution in [0.3, 0.4) is 0 Å². The molecule has 1 amide bonds. The molecular weight excluding hydrogens is 424 g/mol. The summed E-state index contributed by atoms with van der Waals surface area (Å²) >= 11 is 0. The maximum Gasteiger partial charge on any atom is 0.256 e. The van der Waals surface area contributed by atoms with Crippen molar-refractivity contribution in [3.05, 3.63) is 77.5 Å². The van der Waals surface area contributed by atoms with Gasteiger partial charge in [0.1, 0.15) is 5.82 Å². The first-order chi connectivity index (χ1) is 16.5. The molecule has 5 rings (SSSR count). The van der Waals surface area contributed by atoms with Crippen LogP contribution in [0.1, 0.15) is 53.5 Å². The Balaban J connectivity index is 1.40. The first-order valence-corrected chi connectivity index (χ1v) is 12.0.